The molecule has 0 aromatic heterocycles. The van der Waals surface area contributed by atoms with Crippen molar-refractivity contribution in [3.05, 3.63) is 35.9 Å². The summed E-state index contributed by atoms with van der Waals surface area (Å²) in [6.07, 6.45) is 2.08. The van der Waals surface area contributed by atoms with Gasteiger partial charge >= 0.3 is 5.97 Å². The minimum Gasteiger partial charge on any atom is -0.460 e. The largest absolute Gasteiger partial charge is 0.460 e. The first-order chi connectivity index (χ1) is 11.2. The molecular formula is C20H27NO3. The van der Waals surface area contributed by atoms with Gasteiger partial charge in [0.2, 0.25) is 5.91 Å². The highest BCUT2D eigenvalue weighted by Crippen LogP contribution is 2.65. The summed E-state index contributed by atoms with van der Waals surface area (Å²) in [6, 6.07) is 10.0. The first-order valence-electron chi connectivity index (χ1n) is 8.70. The number of likely N-dealkylation sites (tertiary alicyclic amines) is 1. The molecule has 1 saturated carbocycles. The number of carbonyl (C=O) groups excluding carboxylic acids is 2. The SMILES string of the molecule is CC(C)(C)OC(=O)CC1(C)CN(Cc2ccccc2)C(=O)C12CC2. The molecule has 0 radical (unpaired) electrons. The number of nitrogens with zero attached hydrogens (tertiary/aromatic N) is 1. The van der Waals surface area contributed by atoms with Gasteiger partial charge in [0, 0.05) is 18.5 Å². The first-order valence-corrected chi connectivity index (χ1v) is 8.70. The average Bonchev–Trinajstić information content (AvgIpc) is 3.23. The Balaban J connectivity index is 1.74. The molecule has 1 unspecified atom stereocenters. The molecule has 1 amide bonds. The summed E-state index contributed by atoms with van der Waals surface area (Å²) in [5.41, 5.74) is -0.0423. The second-order valence-electron chi connectivity index (χ2n) is 8.55. The van der Waals surface area contributed by atoms with Crippen molar-refractivity contribution < 1.29 is 14.3 Å². The first kappa shape index (κ1) is 17.0. The van der Waals surface area contributed by atoms with Gasteiger partial charge < -0.3 is 9.64 Å². The fourth-order valence-electron chi connectivity index (χ4n) is 4.00. The van der Waals surface area contributed by atoms with Crippen LogP contribution in [0.2, 0.25) is 0 Å². The highest BCUT2D eigenvalue weighted by Gasteiger charge is 2.68. The molecule has 3 rings (SSSR count). The van der Waals surface area contributed by atoms with Crippen molar-refractivity contribution in [2.24, 2.45) is 10.8 Å². The molecule has 130 valence electrons. The van der Waals surface area contributed by atoms with Crippen LogP contribution in [-0.2, 0) is 20.9 Å². The predicted octanol–water partition coefficient (Wildman–Crippen LogP) is 3.55. The third-order valence-corrected chi connectivity index (χ3v) is 5.31. The second-order valence-corrected chi connectivity index (χ2v) is 8.55. The van der Waals surface area contributed by atoms with E-state index in [9.17, 15) is 9.59 Å². The fourth-order valence-corrected chi connectivity index (χ4v) is 4.00. The van der Waals surface area contributed by atoms with E-state index in [1.54, 1.807) is 0 Å². The van der Waals surface area contributed by atoms with Gasteiger partial charge in [-0.25, -0.2) is 0 Å². The lowest BCUT2D eigenvalue weighted by Gasteiger charge is -2.30. The number of hydrogen-bond acceptors (Lipinski definition) is 3. The highest BCUT2D eigenvalue weighted by atomic mass is 16.6. The Morgan fingerprint density at radius 1 is 1.21 bits per heavy atom. The standard InChI is InChI=1S/C20H27NO3/c1-18(2,3)24-16(22)12-19(4)14-21(17(23)20(19)10-11-20)13-15-8-6-5-7-9-15/h5-9H,10-14H2,1-4H3. The van der Waals surface area contributed by atoms with E-state index in [-0.39, 0.29) is 22.7 Å². The minimum absolute atomic E-state index is 0.203. The Labute approximate surface area is 144 Å². The van der Waals surface area contributed by atoms with E-state index in [1.165, 1.54) is 0 Å². The number of ether oxygens (including phenoxy) is 1. The number of benzene rings is 1. The zero-order valence-corrected chi connectivity index (χ0v) is 15.1. The molecule has 1 aromatic rings. The molecule has 1 aromatic carbocycles. The third-order valence-electron chi connectivity index (χ3n) is 5.31. The van der Waals surface area contributed by atoms with E-state index in [0.717, 1.165) is 18.4 Å². The van der Waals surface area contributed by atoms with E-state index in [0.29, 0.717) is 19.5 Å². The van der Waals surface area contributed by atoms with Crippen LogP contribution in [0.25, 0.3) is 0 Å². The van der Waals surface area contributed by atoms with Gasteiger partial charge in [0.05, 0.1) is 11.8 Å². The van der Waals surface area contributed by atoms with Gasteiger partial charge in [-0.15, -0.1) is 0 Å². The van der Waals surface area contributed by atoms with Gasteiger partial charge in [0.15, 0.2) is 0 Å². The third kappa shape index (κ3) is 3.06. The topological polar surface area (TPSA) is 46.6 Å². The van der Waals surface area contributed by atoms with Crippen molar-refractivity contribution in [1.82, 2.24) is 4.90 Å². The molecule has 1 saturated heterocycles. The lowest BCUT2D eigenvalue weighted by molar-refractivity contribution is -0.158. The quantitative estimate of drug-likeness (QED) is 0.794. The van der Waals surface area contributed by atoms with Crippen LogP contribution in [0.4, 0.5) is 0 Å². The van der Waals surface area contributed by atoms with Crippen molar-refractivity contribution in [3.8, 4) is 0 Å². The van der Waals surface area contributed by atoms with Crippen molar-refractivity contribution >= 4 is 11.9 Å². The van der Waals surface area contributed by atoms with Gasteiger partial charge in [0.1, 0.15) is 5.60 Å². The van der Waals surface area contributed by atoms with Crippen molar-refractivity contribution in [2.75, 3.05) is 6.54 Å². The predicted molar refractivity (Wildman–Crippen MR) is 92.1 cm³/mol. The number of rotatable bonds is 4. The van der Waals surface area contributed by atoms with Gasteiger partial charge in [-0.05, 0) is 39.2 Å². The average molecular weight is 329 g/mol. The van der Waals surface area contributed by atoms with Gasteiger partial charge in [0.25, 0.3) is 0 Å². The maximum Gasteiger partial charge on any atom is 0.306 e. The highest BCUT2D eigenvalue weighted by molar-refractivity contribution is 5.90. The van der Waals surface area contributed by atoms with Crippen molar-refractivity contribution in [1.29, 1.82) is 0 Å². The molecule has 1 aliphatic heterocycles. The molecule has 0 bridgehead atoms. The summed E-state index contributed by atoms with van der Waals surface area (Å²) in [7, 11) is 0. The molecule has 2 aliphatic rings. The maximum atomic E-state index is 13.0. The van der Waals surface area contributed by atoms with E-state index >= 15 is 0 Å². The summed E-state index contributed by atoms with van der Waals surface area (Å²) < 4.78 is 5.51. The van der Waals surface area contributed by atoms with Crippen molar-refractivity contribution in [2.45, 2.75) is 59.1 Å². The minimum atomic E-state index is -0.490. The van der Waals surface area contributed by atoms with E-state index in [1.807, 2.05) is 56.0 Å². The van der Waals surface area contributed by atoms with Gasteiger partial charge in [-0.1, -0.05) is 37.3 Å². The van der Waals surface area contributed by atoms with Crippen LogP contribution >= 0.6 is 0 Å². The molecule has 0 N–H and O–H groups in total. The van der Waals surface area contributed by atoms with Crippen LogP contribution in [0.5, 0.6) is 0 Å². The van der Waals surface area contributed by atoms with Crippen LogP contribution < -0.4 is 0 Å². The summed E-state index contributed by atoms with van der Waals surface area (Å²) in [5, 5.41) is 0. The Kier molecular flexibility index (Phi) is 3.97. The van der Waals surface area contributed by atoms with Crippen LogP contribution in [0.1, 0.15) is 52.5 Å². The van der Waals surface area contributed by atoms with E-state index < -0.39 is 5.60 Å². The molecule has 1 spiro atoms. The van der Waals surface area contributed by atoms with E-state index in [2.05, 4.69) is 6.92 Å². The number of hydrogen-bond donors (Lipinski definition) is 0. The molecule has 4 heteroatoms. The Morgan fingerprint density at radius 2 is 1.83 bits per heavy atom. The molecule has 1 heterocycles. The Hall–Kier alpha value is -1.84. The zero-order chi connectivity index (χ0) is 17.6. The Bertz CT molecular complexity index is 643. The number of esters is 1. The molecular weight excluding hydrogens is 302 g/mol. The molecule has 1 aliphatic carbocycles. The van der Waals surface area contributed by atoms with Gasteiger partial charge in [-0.3, -0.25) is 9.59 Å². The molecule has 4 nitrogen and oxygen atoms in total. The lowest BCUT2D eigenvalue weighted by atomic mass is 9.74. The number of amides is 1. The summed E-state index contributed by atoms with van der Waals surface area (Å²) in [6.45, 7) is 8.95. The molecule has 2 fully saturated rings. The lowest BCUT2D eigenvalue weighted by Crippen LogP contribution is -2.35. The summed E-state index contributed by atoms with van der Waals surface area (Å²) in [5.74, 6) is 0.00282. The van der Waals surface area contributed by atoms with Gasteiger partial charge in [-0.2, -0.15) is 0 Å². The van der Waals surface area contributed by atoms with Crippen LogP contribution in [-0.4, -0.2) is 28.9 Å². The zero-order valence-electron chi connectivity index (χ0n) is 15.1. The van der Waals surface area contributed by atoms with Crippen LogP contribution in [0.3, 0.4) is 0 Å². The Morgan fingerprint density at radius 3 is 2.38 bits per heavy atom. The summed E-state index contributed by atoms with van der Waals surface area (Å²) >= 11 is 0. The normalized spacial score (nSPS) is 25.2. The van der Waals surface area contributed by atoms with Crippen LogP contribution in [0, 0.1) is 10.8 Å². The van der Waals surface area contributed by atoms with Crippen LogP contribution in [0.15, 0.2) is 30.3 Å². The van der Waals surface area contributed by atoms with E-state index in [4.69, 9.17) is 4.74 Å². The monoisotopic (exact) mass is 329 g/mol. The summed E-state index contributed by atoms with van der Waals surface area (Å²) in [4.78, 5) is 27.2. The number of carbonyl (C=O) groups is 2. The maximum absolute atomic E-state index is 13.0. The molecule has 24 heavy (non-hydrogen) atoms. The smallest absolute Gasteiger partial charge is 0.306 e. The molecule has 1 atom stereocenters. The fraction of sp³-hybridized carbons (Fsp3) is 0.600. The second kappa shape index (κ2) is 5.61. The van der Waals surface area contributed by atoms with Crippen molar-refractivity contribution in [3.63, 3.8) is 0 Å².